The van der Waals surface area contributed by atoms with E-state index in [-0.39, 0.29) is 17.4 Å². The van der Waals surface area contributed by atoms with Gasteiger partial charge in [-0.25, -0.2) is 9.48 Å². The maximum absolute atomic E-state index is 13.1. The van der Waals surface area contributed by atoms with Crippen molar-refractivity contribution in [2.24, 2.45) is 0 Å². The summed E-state index contributed by atoms with van der Waals surface area (Å²) < 4.78 is 1.74. The van der Waals surface area contributed by atoms with Crippen LogP contribution in [0.25, 0.3) is 27.7 Å². The molecule has 6 rings (SSSR count). The average Bonchev–Trinajstić information content (AvgIpc) is 3.62. The fourth-order valence-corrected chi connectivity index (χ4v) is 4.66. The smallest absolute Gasteiger partial charge is 0.324 e. The van der Waals surface area contributed by atoms with Gasteiger partial charge in [-0.05, 0) is 53.1 Å². The summed E-state index contributed by atoms with van der Waals surface area (Å²) in [4.78, 5) is 25.2. The van der Waals surface area contributed by atoms with Gasteiger partial charge in [0.1, 0.15) is 5.82 Å². The van der Waals surface area contributed by atoms with Crippen molar-refractivity contribution in [2.45, 2.75) is 32.7 Å². The molecule has 0 unspecified atom stereocenters. The number of amides is 3. The Bertz CT molecular complexity index is 1710. The highest BCUT2D eigenvalue weighted by atomic mass is 16.2. The predicted molar refractivity (Wildman–Crippen MR) is 148 cm³/mol. The molecular formula is C29H27N7O2. The van der Waals surface area contributed by atoms with Crippen molar-refractivity contribution in [3.8, 4) is 16.8 Å². The van der Waals surface area contributed by atoms with E-state index in [1.807, 2.05) is 66.7 Å². The van der Waals surface area contributed by atoms with Crippen molar-refractivity contribution in [1.29, 1.82) is 0 Å². The van der Waals surface area contributed by atoms with Gasteiger partial charge in [-0.2, -0.15) is 10.2 Å². The third-order valence-corrected chi connectivity index (χ3v) is 6.67. The summed E-state index contributed by atoms with van der Waals surface area (Å²) in [5.74, 6) is 0.491. The minimum atomic E-state index is -0.386. The summed E-state index contributed by atoms with van der Waals surface area (Å²) in [7, 11) is 0. The van der Waals surface area contributed by atoms with Crippen molar-refractivity contribution in [1.82, 2.24) is 25.3 Å². The Morgan fingerprint density at radius 3 is 2.63 bits per heavy atom. The topological polar surface area (TPSA) is 117 Å². The fraction of sp³-hybridized carbons (Fsp3) is 0.172. The number of carbonyl (C=O) groups excluding carboxylic acids is 2. The van der Waals surface area contributed by atoms with Crippen LogP contribution in [0.5, 0.6) is 0 Å². The van der Waals surface area contributed by atoms with Gasteiger partial charge >= 0.3 is 6.03 Å². The monoisotopic (exact) mass is 505 g/mol. The number of aromatic nitrogens is 4. The Labute approximate surface area is 219 Å². The molecule has 0 saturated heterocycles. The first-order chi connectivity index (χ1) is 18.3. The van der Waals surface area contributed by atoms with E-state index in [1.165, 1.54) is 0 Å². The molecule has 1 aliphatic heterocycles. The van der Waals surface area contributed by atoms with Crippen LogP contribution in [0.1, 0.15) is 42.4 Å². The lowest BCUT2D eigenvalue weighted by atomic mass is 9.92. The van der Waals surface area contributed by atoms with E-state index in [9.17, 15) is 9.59 Å². The van der Waals surface area contributed by atoms with Crippen molar-refractivity contribution in [3.63, 3.8) is 0 Å². The van der Waals surface area contributed by atoms with Gasteiger partial charge in [0.05, 0.1) is 23.1 Å². The number of nitrogens with zero attached hydrogens (tertiary/aromatic N) is 3. The molecule has 0 aliphatic carbocycles. The van der Waals surface area contributed by atoms with E-state index in [4.69, 9.17) is 5.10 Å². The van der Waals surface area contributed by atoms with Gasteiger partial charge in [0, 0.05) is 34.7 Å². The van der Waals surface area contributed by atoms with Crippen LogP contribution in [0, 0.1) is 0 Å². The third kappa shape index (κ3) is 4.28. The Balaban J connectivity index is 1.28. The summed E-state index contributed by atoms with van der Waals surface area (Å²) >= 11 is 0. The second-order valence-electron chi connectivity index (χ2n) is 10.4. The third-order valence-electron chi connectivity index (χ3n) is 6.67. The molecule has 0 spiro atoms. The molecule has 4 N–H and O–H groups in total. The van der Waals surface area contributed by atoms with E-state index < -0.39 is 0 Å². The van der Waals surface area contributed by atoms with E-state index in [0.717, 1.165) is 39.0 Å². The number of aromatic amines is 1. The maximum Gasteiger partial charge on any atom is 0.324 e. The predicted octanol–water partition coefficient (Wildman–Crippen LogP) is 5.60. The summed E-state index contributed by atoms with van der Waals surface area (Å²) in [5.41, 5.74) is 6.55. The van der Waals surface area contributed by atoms with Crippen LogP contribution < -0.4 is 16.0 Å². The molecule has 38 heavy (non-hydrogen) atoms. The molecule has 2 aromatic heterocycles. The summed E-state index contributed by atoms with van der Waals surface area (Å²) in [6.45, 7) is 6.74. The zero-order valence-electron chi connectivity index (χ0n) is 21.3. The summed E-state index contributed by atoms with van der Waals surface area (Å²) in [5, 5.41) is 21.6. The number of hydrogen-bond donors (Lipinski definition) is 4. The molecule has 3 aromatic carbocycles. The molecule has 0 atom stereocenters. The van der Waals surface area contributed by atoms with E-state index in [0.29, 0.717) is 23.6 Å². The summed E-state index contributed by atoms with van der Waals surface area (Å²) in [6.07, 6.45) is 1.76. The van der Waals surface area contributed by atoms with Crippen LogP contribution in [-0.2, 0) is 12.0 Å². The van der Waals surface area contributed by atoms with Crippen LogP contribution >= 0.6 is 0 Å². The number of H-pyrrole nitrogens is 1. The normalized spacial score (nSPS) is 12.9. The second kappa shape index (κ2) is 8.88. The van der Waals surface area contributed by atoms with Crippen LogP contribution in [0.3, 0.4) is 0 Å². The quantitative estimate of drug-likeness (QED) is 0.254. The molecule has 0 bridgehead atoms. The molecule has 5 aromatic rings. The minimum Gasteiger partial charge on any atom is -0.348 e. The molecule has 3 amide bonds. The highest BCUT2D eigenvalue weighted by Gasteiger charge is 2.23. The van der Waals surface area contributed by atoms with E-state index >= 15 is 0 Å². The zero-order valence-corrected chi connectivity index (χ0v) is 21.3. The van der Waals surface area contributed by atoms with Crippen LogP contribution in [-0.4, -0.2) is 31.9 Å². The van der Waals surface area contributed by atoms with Gasteiger partial charge in [-0.3, -0.25) is 15.2 Å². The lowest BCUT2D eigenvalue weighted by molar-refractivity contribution is 0.0965. The average molecular weight is 506 g/mol. The number of hydrogen-bond acceptors (Lipinski definition) is 4. The molecule has 9 heteroatoms. The van der Waals surface area contributed by atoms with Crippen LogP contribution in [0.4, 0.5) is 16.3 Å². The van der Waals surface area contributed by atoms with Crippen molar-refractivity contribution in [3.05, 3.63) is 89.7 Å². The molecule has 0 saturated carbocycles. The lowest BCUT2D eigenvalue weighted by Gasteiger charge is -2.14. The molecule has 190 valence electrons. The molecule has 9 nitrogen and oxygen atoms in total. The first-order valence-electron chi connectivity index (χ1n) is 12.4. The van der Waals surface area contributed by atoms with Gasteiger partial charge in [-0.1, -0.05) is 45.0 Å². The van der Waals surface area contributed by atoms with Crippen molar-refractivity contribution in [2.75, 3.05) is 10.6 Å². The molecule has 3 heterocycles. The lowest BCUT2D eigenvalue weighted by Crippen LogP contribution is -2.21. The Hall–Kier alpha value is -4.92. The van der Waals surface area contributed by atoms with Gasteiger partial charge in [-0.15, -0.1) is 0 Å². The highest BCUT2D eigenvalue weighted by molar-refractivity contribution is 6.01. The first-order valence-corrected chi connectivity index (χ1v) is 12.4. The molecule has 0 radical (unpaired) electrons. The van der Waals surface area contributed by atoms with Crippen LogP contribution in [0.2, 0.25) is 0 Å². The fourth-order valence-electron chi connectivity index (χ4n) is 4.66. The maximum atomic E-state index is 13.1. The Kier molecular flexibility index (Phi) is 5.48. The first kappa shape index (κ1) is 23.5. The second-order valence-corrected chi connectivity index (χ2v) is 10.4. The highest BCUT2D eigenvalue weighted by Crippen LogP contribution is 2.31. The zero-order chi connectivity index (χ0) is 26.4. The molecular weight excluding hydrogens is 478 g/mol. The minimum absolute atomic E-state index is 0.0614. The number of urea groups is 1. The van der Waals surface area contributed by atoms with Gasteiger partial charge < -0.3 is 10.6 Å². The van der Waals surface area contributed by atoms with Gasteiger partial charge in [0.15, 0.2) is 0 Å². The van der Waals surface area contributed by atoms with Crippen molar-refractivity contribution < 1.29 is 9.59 Å². The van der Waals surface area contributed by atoms with E-state index in [1.54, 1.807) is 10.9 Å². The Morgan fingerprint density at radius 2 is 1.79 bits per heavy atom. The van der Waals surface area contributed by atoms with E-state index in [2.05, 4.69) is 46.9 Å². The number of anilines is 2. The van der Waals surface area contributed by atoms with Crippen LogP contribution in [0.15, 0.2) is 72.9 Å². The standard InChI is InChI=1S/C29H27N7O2/c1-29(2,3)25-14-26(36(35-25)20-10-11-24-18(13-20)15-31-34-24)33-28(38)32-19-7-4-6-17(12-19)21-8-5-9-22-23(21)16-30-27(22)37/h4-15H,16H2,1-3H3,(H,30,37)(H,31,34)(H2,32,33,38). The number of carbonyl (C=O) groups is 2. The van der Waals surface area contributed by atoms with Gasteiger partial charge in [0.2, 0.25) is 0 Å². The SMILES string of the molecule is CC(C)(C)c1cc(NC(=O)Nc2cccc(-c3cccc4c3CNC4=O)c2)n(-c2ccc3[nH]ncc3c2)n1. The largest absolute Gasteiger partial charge is 0.348 e. The van der Waals surface area contributed by atoms with Crippen molar-refractivity contribution >= 4 is 34.3 Å². The number of benzene rings is 3. The summed E-state index contributed by atoms with van der Waals surface area (Å²) in [6, 6.07) is 20.6. The Morgan fingerprint density at radius 1 is 0.974 bits per heavy atom. The molecule has 0 fully saturated rings. The number of fused-ring (bicyclic) bond motifs is 2. The molecule has 1 aliphatic rings. The van der Waals surface area contributed by atoms with Gasteiger partial charge in [0.25, 0.3) is 5.91 Å². The number of nitrogens with one attached hydrogen (secondary N) is 4. The number of rotatable bonds is 4.